The van der Waals surface area contributed by atoms with E-state index in [1.165, 1.54) is 16.7 Å². The lowest BCUT2D eigenvalue weighted by Gasteiger charge is -2.26. The van der Waals surface area contributed by atoms with Crippen LogP contribution in [0.2, 0.25) is 0 Å². The molecular formula is C13H20N2. The first-order chi connectivity index (χ1) is 6.99. The molecule has 1 aromatic rings. The molecule has 82 valence electrons. The second-order valence-corrected chi connectivity index (χ2v) is 5.11. The average molecular weight is 204 g/mol. The van der Waals surface area contributed by atoms with Gasteiger partial charge < -0.3 is 11.1 Å². The molecule has 1 heterocycles. The zero-order chi connectivity index (χ0) is 11.1. The molecule has 2 nitrogen and oxygen atoms in total. The lowest BCUT2D eigenvalue weighted by Crippen LogP contribution is -2.42. The maximum absolute atomic E-state index is 6.29. The van der Waals surface area contributed by atoms with Crippen molar-refractivity contribution in [3.8, 4) is 0 Å². The fourth-order valence-electron chi connectivity index (χ4n) is 2.55. The second-order valence-electron chi connectivity index (χ2n) is 5.11. The number of benzene rings is 1. The molecule has 2 heteroatoms. The third-order valence-electron chi connectivity index (χ3n) is 3.30. The second kappa shape index (κ2) is 3.62. The lowest BCUT2D eigenvalue weighted by atomic mass is 9.83. The largest absolute Gasteiger partial charge is 0.324 e. The topological polar surface area (TPSA) is 38.0 Å². The van der Waals surface area contributed by atoms with Gasteiger partial charge in [-0.1, -0.05) is 29.3 Å². The third kappa shape index (κ3) is 2.06. The van der Waals surface area contributed by atoms with E-state index < -0.39 is 0 Å². The molecule has 0 aromatic heterocycles. The minimum absolute atomic E-state index is 0.111. The van der Waals surface area contributed by atoms with Crippen molar-refractivity contribution in [1.82, 2.24) is 5.32 Å². The summed E-state index contributed by atoms with van der Waals surface area (Å²) in [6.45, 7) is 8.33. The molecule has 0 unspecified atom stereocenters. The highest BCUT2D eigenvalue weighted by atomic mass is 15.0. The maximum Gasteiger partial charge on any atom is 0.0333 e. The number of nitrogens with one attached hydrogen (secondary N) is 1. The van der Waals surface area contributed by atoms with Gasteiger partial charge in [-0.05, 0) is 26.3 Å². The van der Waals surface area contributed by atoms with E-state index in [0.29, 0.717) is 5.92 Å². The normalized spacial score (nSPS) is 30.8. The first-order valence-electron chi connectivity index (χ1n) is 5.57. The minimum Gasteiger partial charge on any atom is -0.324 e. The zero-order valence-electron chi connectivity index (χ0n) is 9.80. The molecule has 0 aliphatic carbocycles. The highest BCUT2D eigenvalue weighted by Crippen LogP contribution is 2.30. The van der Waals surface area contributed by atoms with Crippen LogP contribution in [0.5, 0.6) is 0 Å². The molecule has 1 aliphatic rings. The van der Waals surface area contributed by atoms with Crippen LogP contribution in [0.4, 0.5) is 0 Å². The van der Waals surface area contributed by atoms with Crippen LogP contribution in [-0.2, 0) is 0 Å². The first-order valence-corrected chi connectivity index (χ1v) is 5.57. The van der Waals surface area contributed by atoms with Crippen molar-refractivity contribution in [3.63, 3.8) is 0 Å². The molecule has 1 aromatic carbocycles. The Hall–Kier alpha value is -0.860. The summed E-state index contributed by atoms with van der Waals surface area (Å²) in [5, 5.41) is 3.38. The molecule has 1 fully saturated rings. The third-order valence-corrected chi connectivity index (χ3v) is 3.30. The van der Waals surface area contributed by atoms with Gasteiger partial charge >= 0.3 is 0 Å². The number of aryl methyl sites for hydroxylation is 2. The van der Waals surface area contributed by atoms with E-state index in [-0.39, 0.29) is 5.54 Å². The minimum atomic E-state index is -0.111. The fourth-order valence-corrected chi connectivity index (χ4v) is 2.55. The maximum atomic E-state index is 6.29. The van der Waals surface area contributed by atoms with Crippen molar-refractivity contribution < 1.29 is 0 Å². The standard InChI is InChI=1S/C13H20N2/c1-9-4-10(2)6-11(5-9)12-7-15-8-13(12,3)14/h4-6,12,15H,7-8,14H2,1-3H3/t12-,13+/m1/s1. The fraction of sp³-hybridized carbons (Fsp3) is 0.538. The number of hydrogen-bond acceptors (Lipinski definition) is 2. The van der Waals surface area contributed by atoms with Crippen LogP contribution >= 0.6 is 0 Å². The van der Waals surface area contributed by atoms with E-state index in [1.54, 1.807) is 0 Å². The van der Waals surface area contributed by atoms with Crippen molar-refractivity contribution in [1.29, 1.82) is 0 Å². The Kier molecular flexibility index (Phi) is 2.57. The predicted octanol–water partition coefficient (Wildman–Crippen LogP) is 1.71. The van der Waals surface area contributed by atoms with Crippen LogP contribution in [0.3, 0.4) is 0 Å². The van der Waals surface area contributed by atoms with Crippen LogP contribution < -0.4 is 11.1 Å². The van der Waals surface area contributed by atoms with Gasteiger partial charge in [0.2, 0.25) is 0 Å². The number of nitrogens with two attached hydrogens (primary N) is 1. The molecule has 2 rings (SSSR count). The molecule has 0 amide bonds. The van der Waals surface area contributed by atoms with Crippen molar-refractivity contribution in [2.45, 2.75) is 32.2 Å². The lowest BCUT2D eigenvalue weighted by molar-refractivity contribution is 0.462. The summed E-state index contributed by atoms with van der Waals surface area (Å²) in [5.74, 6) is 0.441. The number of rotatable bonds is 1. The van der Waals surface area contributed by atoms with E-state index in [2.05, 4.69) is 44.3 Å². The molecule has 3 N–H and O–H groups in total. The Balaban J connectivity index is 2.37. The monoisotopic (exact) mass is 204 g/mol. The van der Waals surface area contributed by atoms with Gasteiger partial charge in [0.25, 0.3) is 0 Å². The summed E-state index contributed by atoms with van der Waals surface area (Å²) in [6, 6.07) is 6.73. The Morgan fingerprint density at radius 2 is 1.87 bits per heavy atom. The summed E-state index contributed by atoms with van der Waals surface area (Å²) in [6.07, 6.45) is 0. The van der Waals surface area contributed by atoms with E-state index in [0.717, 1.165) is 13.1 Å². The predicted molar refractivity (Wildman–Crippen MR) is 64.1 cm³/mol. The summed E-state index contributed by atoms with van der Waals surface area (Å²) in [7, 11) is 0. The first kappa shape index (κ1) is 10.7. The highest BCUT2D eigenvalue weighted by Gasteiger charge is 2.36. The molecular weight excluding hydrogens is 184 g/mol. The quantitative estimate of drug-likeness (QED) is 0.731. The molecule has 0 saturated carbocycles. The average Bonchev–Trinajstić information content (AvgIpc) is 2.43. The molecule has 2 atom stereocenters. The van der Waals surface area contributed by atoms with E-state index in [9.17, 15) is 0 Å². The van der Waals surface area contributed by atoms with E-state index in [1.807, 2.05) is 0 Å². The van der Waals surface area contributed by atoms with E-state index in [4.69, 9.17) is 5.73 Å². The van der Waals surface area contributed by atoms with Gasteiger partial charge in [-0.2, -0.15) is 0 Å². The highest BCUT2D eigenvalue weighted by molar-refractivity contribution is 5.34. The molecule has 1 aliphatic heterocycles. The van der Waals surface area contributed by atoms with Gasteiger partial charge in [-0.3, -0.25) is 0 Å². The zero-order valence-corrected chi connectivity index (χ0v) is 9.80. The molecule has 15 heavy (non-hydrogen) atoms. The Labute approximate surface area is 91.9 Å². The van der Waals surface area contributed by atoms with Crippen LogP contribution in [0.15, 0.2) is 18.2 Å². The summed E-state index contributed by atoms with van der Waals surface area (Å²) in [5.41, 5.74) is 10.2. The summed E-state index contributed by atoms with van der Waals surface area (Å²) >= 11 is 0. The van der Waals surface area contributed by atoms with Gasteiger partial charge in [-0.15, -0.1) is 0 Å². The van der Waals surface area contributed by atoms with Gasteiger partial charge in [-0.25, -0.2) is 0 Å². The van der Waals surface area contributed by atoms with Crippen LogP contribution in [0, 0.1) is 13.8 Å². The molecule has 0 radical (unpaired) electrons. The van der Waals surface area contributed by atoms with Gasteiger partial charge in [0.1, 0.15) is 0 Å². The smallest absolute Gasteiger partial charge is 0.0333 e. The van der Waals surface area contributed by atoms with Crippen molar-refractivity contribution in [2.24, 2.45) is 5.73 Å². The van der Waals surface area contributed by atoms with Gasteiger partial charge in [0.15, 0.2) is 0 Å². The van der Waals surface area contributed by atoms with Crippen LogP contribution in [0.1, 0.15) is 29.5 Å². The van der Waals surface area contributed by atoms with Crippen LogP contribution in [-0.4, -0.2) is 18.6 Å². The van der Waals surface area contributed by atoms with Crippen molar-refractivity contribution >= 4 is 0 Å². The Morgan fingerprint density at radius 1 is 1.27 bits per heavy atom. The van der Waals surface area contributed by atoms with Crippen LogP contribution in [0.25, 0.3) is 0 Å². The molecule has 0 spiro atoms. The van der Waals surface area contributed by atoms with Gasteiger partial charge in [0, 0.05) is 24.5 Å². The van der Waals surface area contributed by atoms with Gasteiger partial charge in [0.05, 0.1) is 0 Å². The molecule has 1 saturated heterocycles. The number of hydrogen-bond donors (Lipinski definition) is 2. The Morgan fingerprint density at radius 3 is 2.33 bits per heavy atom. The van der Waals surface area contributed by atoms with E-state index >= 15 is 0 Å². The summed E-state index contributed by atoms with van der Waals surface area (Å²) in [4.78, 5) is 0. The SMILES string of the molecule is Cc1cc(C)cc([C@H]2CNC[C@]2(C)N)c1. The van der Waals surface area contributed by atoms with Crippen molar-refractivity contribution in [3.05, 3.63) is 34.9 Å². The Bertz CT molecular complexity index is 349. The summed E-state index contributed by atoms with van der Waals surface area (Å²) < 4.78 is 0. The van der Waals surface area contributed by atoms with Crippen molar-refractivity contribution in [2.75, 3.05) is 13.1 Å². The molecule has 0 bridgehead atoms.